The van der Waals surface area contributed by atoms with Gasteiger partial charge in [0, 0.05) is 22.5 Å². The standard InChI is InChI=1S/C16H12BrNO/c17-14-8-6-13(7-9-14)16-11-15(19-18-16)10-12-4-2-1-3-5-12/h1-9,11H,10H2. The predicted octanol–water partition coefficient (Wildman–Crippen LogP) is 4.69. The van der Waals surface area contributed by atoms with Crippen molar-refractivity contribution in [2.45, 2.75) is 6.42 Å². The second-order valence-electron chi connectivity index (χ2n) is 4.35. The van der Waals surface area contributed by atoms with Gasteiger partial charge in [0.15, 0.2) is 0 Å². The fourth-order valence-electron chi connectivity index (χ4n) is 1.95. The lowest BCUT2D eigenvalue weighted by Crippen LogP contribution is -1.83. The molecule has 0 amide bonds. The fraction of sp³-hybridized carbons (Fsp3) is 0.0625. The van der Waals surface area contributed by atoms with Crippen molar-refractivity contribution in [1.29, 1.82) is 0 Å². The molecule has 2 aromatic carbocycles. The highest BCUT2D eigenvalue weighted by molar-refractivity contribution is 9.10. The van der Waals surface area contributed by atoms with Crippen molar-refractivity contribution in [2.75, 3.05) is 0 Å². The van der Waals surface area contributed by atoms with Gasteiger partial charge in [-0.1, -0.05) is 63.6 Å². The molecule has 0 bridgehead atoms. The van der Waals surface area contributed by atoms with Gasteiger partial charge in [-0.25, -0.2) is 0 Å². The maximum absolute atomic E-state index is 5.39. The first-order valence-corrected chi connectivity index (χ1v) is 6.86. The first kappa shape index (κ1) is 12.2. The van der Waals surface area contributed by atoms with E-state index in [1.807, 2.05) is 48.5 Å². The topological polar surface area (TPSA) is 26.0 Å². The van der Waals surface area contributed by atoms with Gasteiger partial charge in [-0.05, 0) is 17.7 Å². The summed E-state index contributed by atoms with van der Waals surface area (Å²) in [7, 11) is 0. The zero-order valence-electron chi connectivity index (χ0n) is 10.2. The Balaban J connectivity index is 1.82. The zero-order chi connectivity index (χ0) is 13.1. The summed E-state index contributed by atoms with van der Waals surface area (Å²) in [5.41, 5.74) is 3.16. The Morgan fingerprint density at radius 1 is 0.947 bits per heavy atom. The summed E-state index contributed by atoms with van der Waals surface area (Å²) in [5, 5.41) is 4.12. The van der Waals surface area contributed by atoms with E-state index >= 15 is 0 Å². The van der Waals surface area contributed by atoms with Crippen LogP contribution in [-0.4, -0.2) is 5.16 Å². The Kier molecular flexibility index (Phi) is 3.47. The molecule has 0 spiro atoms. The Hall–Kier alpha value is -1.87. The van der Waals surface area contributed by atoms with Gasteiger partial charge in [0.1, 0.15) is 11.5 Å². The zero-order valence-corrected chi connectivity index (χ0v) is 11.8. The van der Waals surface area contributed by atoms with Crippen LogP contribution in [0, 0.1) is 0 Å². The van der Waals surface area contributed by atoms with Crippen molar-refractivity contribution in [3.63, 3.8) is 0 Å². The van der Waals surface area contributed by atoms with Gasteiger partial charge in [-0.15, -0.1) is 0 Å². The van der Waals surface area contributed by atoms with Gasteiger partial charge in [0.2, 0.25) is 0 Å². The van der Waals surface area contributed by atoms with Gasteiger partial charge in [-0.3, -0.25) is 0 Å². The van der Waals surface area contributed by atoms with Crippen LogP contribution in [0.15, 0.2) is 69.7 Å². The quantitative estimate of drug-likeness (QED) is 0.700. The number of hydrogen-bond donors (Lipinski definition) is 0. The molecule has 3 rings (SSSR count). The number of halogens is 1. The van der Waals surface area contributed by atoms with Crippen molar-refractivity contribution in [1.82, 2.24) is 5.16 Å². The molecule has 0 unspecified atom stereocenters. The van der Waals surface area contributed by atoms with Crippen molar-refractivity contribution >= 4 is 15.9 Å². The minimum absolute atomic E-state index is 0.768. The Labute approximate surface area is 120 Å². The van der Waals surface area contributed by atoms with Crippen LogP contribution in [0.25, 0.3) is 11.3 Å². The summed E-state index contributed by atoms with van der Waals surface area (Å²) in [4.78, 5) is 0. The van der Waals surface area contributed by atoms with E-state index in [0.29, 0.717) is 0 Å². The van der Waals surface area contributed by atoms with Crippen LogP contribution < -0.4 is 0 Å². The SMILES string of the molecule is Brc1ccc(-c2cc(Cc3ccccc3)on2)cc1. The second-order valence-corrected chi connectivity index (χ2v) is 5.26. The maximum Gasteiger partial charge on any atom is 0.141 e. The van der Waals surface area contributed by atoms with Gasteiger partial charge >= 0.3 is 0 Å². The molecule has 3 aromatic rings. The van der Waals surface area contributed by atoms with Crippen LogP contribution >= 0.6 is 15.9 Å². The molecule has 0 saturated carbocycles. The first-order chi connectivity index (χ1) is 9.31. The Morgan fingerprint density at radius 2 is 1.68 bits per heavy atom. The molecule has 0 radical (unpaired) electrons. The van der Waals surface area contributed by atoms with Crippen LogP contribution in [0.3, 0.4) is 0 Å². The molecule has 0 fully saturated rings. The molecular weight excluding hydrogens is 302 g/mol. The van der Waals surface area contributed by atoms with Gasteiger partial charge in [-0.2, -0.15) is 0 Å². The van der Waals surface area contributed by atoms with Gasteiger partial charge in [0.05, 0.1) is 0 Å². The monoisotopic (exact) mass is 313 g/mol. The van der Waals surface area contributed by atoms with E-state index in [1.54, 1.807) is 0 Å². The van der Waals surface area contributed by atoms with Crippen molar-refractivity contribution in [3.8, 4) is 11.3 Å². The van der Waals surface area contributed by atoms with Crippen LogP contribution in [-0.2, 0) is 6.42 Å². The molecule has 0 aliphatic rings. The van der Waals surface area contributed by atoms with Crippen LogP contribution in [0.1, 0.15) is 11.3 Å². The lowest BCUT2D eigenvalue weighted by Gasteiger charge is -1.95. The lowest BCUT2D eigenvalue weighted by molar-refractivity contribution is 0.391. The van der Waals surface area contributed by atoms with E-state index in [0.717, 1.165) is 27.9 Å². The van der Waals surface area contributed by atoms with Crippen LogP contribution in [0.5, 0.6) is 0 Å². The van der Waals surface area contributed by atoms with E-state index in [1.165, 1.54) is 5.56 Å². The van der Waals surface area contributed by atoms with E-state index in [4.69, 9.17) is 4.52 Å². The number of aromatic nitrogens is 1. The largest absolute Gasteiger partial charge is 0.360 e. The minimum Gasteiger partial charge on any atom is -0.360 e. The van der Waals surface area contributed by atoms with E-state index in [2.05, 4.69) is 33.2 Å². The molecule has 3 heteroatoms. The molecule has 1 aromatic heterocycles. The molecule has 19 heavy (non-hydrogen) atoms. The predicted molar refractivity (Wildman–Crippen MR) is 78.9 cm³/mol. The van der Waals surface area contributed by atoms with Gasteiger partial charge < -0.3 is 4.52 Å². The third kappa shape index (κ3) is 2.93. The van der Waals surface area contributed by atoms with E-state index in [9.17, 15) is 0 Å². The molecule has 1 heterocycles. The summed E-state index contributed by atoms with van der Waals surface area (Å²) in [5.74, 6) is 0.879. The molecule has 2 nitrogen and oxygen atoms in total. The maximum atomic E-state index is 5.39. The molecule has 0 aliphatic heterocycles. The summed E-state index contributed by atoms with van der Waals surface area (Å²) < 4.78 is 6.45. The molecule has 0 atom stereocenters. The molecule has 0 aliphatic carbocycles. The van der Waals surface area contributed by atoms with Crippen LogP contribution in [0.2, 0.25) is 0 Å². The second kappa shape index (κ2) is 5.41. The average molecular weight is 314 g/mol. The first-order valence-electron chi connectivity index (χ1n) is 6.07. The Morgan fingerprint density at radius 3 is 2.42 bits per heavy atom. The summed E-state index contributed by atoms with van der Waals surface area (Å²) >= 11 is 3.42. The Bertz CT molecular complexity index is 659. The van der Waals surface area contributed by atoms with E-state index in [-0.39, 0.29) is 0 Å². The highest BCUT2D eigenvalue weighted by Crippen LogP contribution is 2.22. The highest BCUT2D eigenvalue weighted by Gasteiger charge is 2.07. The average Bonchev–Trinajstić information content (AvgIpc) is 2.89. The molecule has 94 valence electrons. The molecule has 0 N–H and O–H groups in total. The van der Waals surface area contributed by atoms with Crippen molar-refractivity contribution in [2.24, 2.45) is 0 Å². The fourth-order valence-corrected chi connectivity index (χ4v) is 2.21. The smallest absolute Gasteiger partial charge is 0.141 e. The van der Waals surface area contributed by atoms with Crippen molar-refractivity contribution in [3.05, 3.63) is 76.5 Å². The number of rotatable bonds is 3. The van der Waals surface area contributed by atoms with Crippen LogP contribution in [0.4, 0.5) is 0 Å². The summed E-state index contributed by atoms with van der Waals surface area (Å²) in [6.07, 6.45) is 0.768. The highest BCUT2D eigenvalue weighted by atomic mass is 79.9. The lowest BCUT2D eigenvalue weighted by atomic mass is 10.1. The van der Waals surface area contributed by atoms with Crippen molar-refractivity contribution < 1.29 is 4.52 Å². The third-order valence-corrected chi connectivity index (χ3v) is 3.45. The summed E-state index contributed by atoms with van der Waals surface area (Å²) in [6.45, 7) is 0. The van der Waals surface area contributed by atoms with E-state index < -0.39 is 0 Å². The number of hydrogen-bond acceptors (Lipinski definition) is 2. The molecular formula is C16H12BrNO. The summed E-state index contributed by atoms with van der Waals surface area (Å²) in [6, 6.07) is 20.3. The van der Waals surface area contributed by atoms with Gasteiger partial charge in [0.25, 0.3) is 0 Å². The minimum atomic E-state index is 0.768. The third-order valence-electron chi connectivity index (χ3n) is 2.92. The molecule has 0 saturated heterocycles. The number of nitrogens with zero attached hydrogens (tertiary/aromatic N) is 1. The number of benzene rings is 2. The normalized spacial score (nSPS) is 10.6.